The van der Waals surface area contributed by atoms with Crippen LogP contribution >= 0.6 is 0 Å². The lowest BCUT2D eigenvalue weighted by Crippen LogP contribution is -2.34. The molecule has 5 heteroatoms. The molecular weight excluding hydrogens is 246 g/mol. The van der Waals surface area contributed by atoms with E-state index in [9.17, 15) is 9.59 Å². The SMILES string of the molecule is CC(C)CCCOC(=O)CN(C)C(=O)OCC(C)C. The molecule has 19 heavy (non-hydrogen) atoms. The highest BCUT2D eigenvalue weighted by molar-refractivity contribution is 5.77. The zero-order valence-electron chi connectivity index (χ0n) is 12.8. The Bertz CT molecular complexity index is 277. The Balaban J connectivity index is 3.76. The second kappa shape index (κ2) is 9.64. The summed E-state index contributed by atoms with van der Waals surface area (Å²) < 4.78 is 10.1. The van der Waals surface area contributed by atoms with Gasteiger partial charge in [-0.15, -0.1) is 0 Å². The lowest BCUT2D eigenvalue weighted by Gasteiger charge is -2.17. The van der Waals surface area contributed by atoms with E-state index in [-0.39, 0.29) is 12.5 Å². The van der Waals surface area contributed by atoms with Gasteiger partial charge in [0.25, 0.3) is 0 Å². The third-order valence-corrected chi connectivity index (χ3v) is 2.41. The van der Waals surface area contributed by atoms with Gasteiger partial charge in [0.15, 0.2) is 0 Å². The highest BCUT2D eigenvalue weighted by atomic mass is 16.6. The first kappa shape index (κ1) is 17.7. The Morgan fingerprint density at radius 3 is 2.21 bits per heavy atom. The summed E-state index contributed by atoms with van der Waals surface area (Å²) >= 11 is 0. The molecule has 0 fully saturated rings. The highest BCUT2D eigenvalue weighted by Gasteiger charge is 2.15. The summed E-state index contributed by atoms with van der Waals surface area (Å²) in [5.41, 5.74) is 0. The number of nitrogens with zero attached hydrogens (tertiary/aromatic N) is 1. The van der Waals surface area contributed by atoms with Gasteiger partial charge >= 0.3 is 12.1 Å². The van der Waals surface area contributed by atoms with Gasteiger partial charge in [-0.3, -0.25) is 4.79 Å². The fourth-order valence-electron chi connectivity index (χ4n) is 1.33. The van der Waals surface area contributed by atoms with Crippen LogP contribution in [0.15, 0.2) is 0 Å². The maximum atomic E-state index is 11.5. The third kappa shape index (κ3) is 10.4. The van der Waals surface area contributed by atoms with Gasteiger partial charge in [0.2, 0.25) is 0 Å². The van der Waals surface area contributed by atoms with Crippen molar-refractivity contribution >= 4 is 12.1 Å². The Morgan fingerprint density at radius 2 is 1.68 bits per heavy atom. The number of likely N-dealkylation sites (N-methyl/N-ethyl adjacent to an activating group) is 1. The number of esters is 1. The van der Waals surface area contributed by atoms with Gasteiger partial charge in [0, 0.05) is 7.05 Å². The van der Waals surface area contributed by atoms with Crippen molar-refractivity contribution in [2.45, 2.75) is 40.5 Å². The maximum absolute atomic E-state index is 11.5. The first-order chi connectivity index (χ1) is 8.82. The zero-order chi connectivity index (χ0) is 14.8. The Labute approximate surface area is 116 Å². The minimum atomic E-state index is -0.493. The van der Waals surface area contributed by atoms with Crippen molar-refractivity contribution in [1.82, 2.24) is 4.90 Å². The van der Waals surface area contributed by atoms with Gasteiger partial charge in [-0.25, -0.2) is 4.79 Å². The first-order valence-corrected chi connectivity index (χ1v) is 6.86. The predicted molar refractivity (Wildman–Crippen MR) is 73.8 cm³/mol. The van der Waals surface area contributed by atoms with Crippen LogP contribution < -0.4 is 0 Å². The molecule has 0 aliphatic rings. The van der Waals surface area contributed by atoms with Crippen LogP contribution in [0.3, 0.4) is 0 Å². The Hall–Kier alpha value is -1.26. The van der Waals surface area contributed by atoms with Crippen LogP contribution in [-0.2, 0) is 14.3 Å². The van der Waals surface area contributed by atoms with Gasteiger partial charge in [-0.1, -0.05) is 27.7 Å². The molecule has 0 saturated heterocycles. The van der Waals surface area contributed by atoms with Gasteiger partial charge in [0.05, 0.1) is 13.2 Å². The quantitative estimate of drug-likeness (QED) is 0.504. The van der Waals surface area contributed by atoms with E-state index >= 15 is 0 Å². The van der Waals surface area contributed by atoms with Crippen molar-refractivity contribution < 1.29 is 19.1 Å². The van der Waals surface area contributed by atoms with E-state index in [1.807, 2.05) is 13.8 Å². The Morgan fingerprint density at radius 1 is 1.05 bits per heavy atom. The Kier molecular flexibility index (Phi) is 9.00. The van der Waals surface area contributed by atoms with Crippen LogP contribution in [-0.4, -0.2) is 43.8 Å². The molecule has 5 nitrogen and oxygen atoms in total. The monoisotopic (exact) mass is 273 g/mol. The molecule has 0 aliphatic carbocycles. The molecule has 0 bridgehead atoms. The van der Waals surface area contributed by atoms with E-state index in [0.29, 0.717) is 19.1 Å². The van der Waals surface area contributed by atoms with Crippen molar-refractivity contribution in [2.24, 2.45) is 11.8 Å². The average Bonchev–Trinajstić information content (AvgIpc) is 2.31. The molecule has 0 aliphatic heterocycles. The van der Waals surface area contributed by atoms with Crippen molar-refractivity contribution in [3.05, 3.63) is 0 Å². The van der Waals surface area contributed by atoms with Gasteiger partial charge in [0.1, 0.15) is 6.54 Å². The third-order valence-electron chi connectivity index (χ3n) is 2.41. The summed E-state index contributed by atoms with van der Waals surface area (Å²) in [7, 11) is 1.53. The van der Waals surface area contributed by atoms with Crippen LogP contribution in [0, 0.1) is 11.8 Å². The number of hydrogen-bond acceptors (Lipinski definition) is 4. The summed E-state index contributed by atoms with van der Waals surface area (Å²) in [5.74, 6) is 0.487. The van der Waals surface area contributed by atoms with Crippen molar-refractivity contribution in [3.63, 3.8) is 0 Å². The number of hydrogen-bond donors (Lipinski definition) is 0. The molecule has 0 atom stereocenters. The van der Waals surface area contributed by atoms with Crippen molar-refractivity contribution in [3.8, 4) is 0 Å². The standard InChI is InChI=1S/C14H27NO4/c1-11(2)7-6-8-18-13(16)9-15(5)14(17)19-10-12(3)4/h11-12H,6-10H2,1-5H3. The molecular formula is C14H27NO4. The molecule has 0 heterocycles. The summed E-state index contributed by atoms with van der Waals surface area (Å²) in [6, 6.07) is 0. The highest BCUT2D eigenvalue weighted by Crippen LogP contribution is 2.03. The average molecular weight is 273 g/mol. The van der Waals surface area contributed by atoms with E-state index in [1.165, 1.54) is 11.9 Å². The first-order valence-electron chi connectivity index (χ1n) is 6.86. The molecule has 0 unspecified atom stereocenters. The molecule has 0 aromatic heterocycles. The molecule has 112 valence electrons. The van der Waals surface area contributed by atoms with E-state index in [2.05, 4.69) is 13.8 Å². The largest absolute Gasteiger partial charge is 0.464 e. The van der Waals surface area contributed by atoms with Crippen molar-refractivity contribution in [2.75, 3.05) is 26.8 Å². The zero-order valence-corrected chi connectivity index (χ0v) is 12.8. The van der Waals surface area contributed by atoms with E-state index in [0.717, 1.165) is 12.8 Å². The van der Waals surface area contributed by atoms with Crippen LogP contribution in [0.4, 0.5) is 4.79 Å². The predicted octanol–water partition coefficient (Wildman–Crippen LogP) is 2.69. The summed E-state index contributed by atoms with van der Waals surface area (Å²) in [5, 5.41) is 0. The van der Waals surface area contributed by atoms with Crippen LogP contribution in [0.5, 0.6) is 0 Å². The summed E-state index contributed by atoms with van der Waals surface area (Å²) in [6.45, 7) is 8.85. The maximum Gasteiger partial charge on any atom is 0.410 e. The second-order valence-electron chi connectivity index (χ2n) is 5.58. The molecule has 0 rings (SSSR count). The van der Waals surface area contributed by atoms with E-state index in [4.69, 9.17) is 9.47 Å². The minimum Gasteiger partial charge on any atom is -0.464 e. The topological polar surface area (TPSA) is 55.8 Å². The van der Waals surface area contributed by atoms with Crippen molar-refractivity contribution in [1.29, 1.82) is 0 Å². The number of carbonyl (C=O) groups is 2. The van der Waals surface area contributed by atoms with Crippen LogP contribution in [0.25, 0.3) is 0 Å². The molecule has 0 radical (unpaired) electrons. The molecule has 0 aromatic rings. The van der Waals surface area contributed by atoms with Gasteiger partial charge < -0.3 is 14.4 Å². The van der Waals surface area contributed by atoms with Gasteiger partial charge in [-0.2, -0.15) is 0 Å². The molecule has 0 aromatic carbocycles. The molecule has 0 N–H and O–H groups in total. The fourth-order valence-corrected chi connectivity index (χ4v) is 1.33. The molecule has 0 saturated carbocycles. The number of amides is 1. The lowest BCUT2D eigenvalue weighted by atomic mass is 10.1. The number of ether oxygens (including phenoxy) is 2. The molecule has 0 spiro atoms. The second-order valence-corrected chi connectivity index (χ2v) is 5.58. The summed E-state index contributed by atoms with van der Waals surface area (Å²) in [6.07, 6.45) is 1.39. The summed E-state index contributed by atoms with van der Waals surface area (Å²) in [4.78, 5) is 24.2. The van der Waals surface area contributed by atoms with E-state index < -0.39 is 12.1 Å². The molecule has 1 amide bonds. The van der Waals surface area contributed by atoms with Crippen LogP contribution in [0.1, 0.15) is 40.5 Å². The smallest absolute Gasteiger partial charge is 0.410 e. The number of carbonyl (C=O) groups excluding carboxylic acids is 2. The van der Waals surface area contributed by atoms with E-state index in [1.54, 1.807) is 0 Å². The minimum absolute atomic E-state index is 0.0708. The fraction of sp³-hybridized carbons (Fsp3) is 0.857. The lowest BCUT2D eigenvalue weighted by molar-refractivity contribution is -0.144. The van der Waals surface area contributed by atoms with Gasteiger partial charge in [-0.05, 0) is 24.7 Å². The van der Waals surface area contributed by atoms with Crippen LogP contribution in [0.2, 0.25) is 0 Å². The normalized spacial score (nSPS) is 10.7. The number of rotatable bonds is 8.